The van der Waals surface area contributed by atoms with Crippen molar-refractivity contribution in [2.75, 3.05) is 0 Å². The minimum Gasteiger partial charge on any atom is -0.493 e. The number of nitriles is 1. The first-order valence-corrected chi connectivity index (χ1v) is 6.45. The Kier molecular flexibility index (Phi) is 3.38. The number of para-hydroxylation sites is 1. The smallest absolute Gasteiger partial charge is 0.295 e. The maximum Gasteiger partial charge on any atom is 0.295 e. The Bertz CT molecular complexity index is 917. The number of benzene rings is 2. The molecule has 3 rings (SSSR count). The molecule has 0 aliphatic heterocycles. The van der Waals surface area contributed by atoms with E-state index in [9.17, 15) is 9.90 Å². The lowest BCUT2D eigenvalue weighted by Gasteiger charge is -1.94. The van der Waals surface area contributed by atoms with Crippen molar-refractivity contribution >= 4 is 22.5 Å². The van der Waals surface area contributed by atoms with Crippen molar-refractivity contribution in [1.29, 1.82) is 5.26 Å². The number of carbonyl (C=O) groups excluding carboxylic acids is 1. The lowest BCUT2D eigenvalue weighted by molar-refractivity contribution is 0.0995. The molecule has 0 fully saturated rings. The SMILES string of the molecule is N#Cc1ccc(C(=O)N=Nc2c(O)[nH]c3ccccc23)cc1. The highest BCUT2D eigenvalue weighted by Gasteiger charge is 2.11. The number of aromatic hydroxyl groups is 1. The first-order valence-electron chi connectivity index (χ1n) is 6.45. The maximum absolute atomic E-state index is 12.0. The molecule has 0 saturated carbocycles. The Balaban J connectivity index is 1.90. The molecule has 0 spiro atoms. The molecule has 1 amide bonds. The number of rotatable bonds is 2. The maximum atomic E-state index is 12.0. The molecule has 6 heteroatoms. The Labute approximate surface area is 125 Å². The minimum absolute atomic E-state index is 0.141. The highest BCUT2D eigenvalue weighted by molar-refractivity contribution is 5.97. The molecule has 0 atom stereocenters. The third kappa shape index (κ3) is 2.43. The van der Waals surface area contributed by atoms with Crippen LogP contribution < -0.4 is 0 Å². The van der Waals surface area contributed by atoms with Gasteiger partial charge < -0.3 is 10.1 Å². The highest BCUT2D eigenvalue weighted by Crippen LogP contribution is 2.35. The molecule has 6 nitrogen and oxygen atoms in total. The Morgan fingerprint density at radius 3 is 2.59 bits per heavy atom. The Morgan fingerprint density at radius 1 is 1.14 bits per heavy atom. The topological polar surface area (TPSA) is 102 Å². The van der Waals surface area contributed by atoms with E-state index in [4.69, 9.17) is 5.26 Å². The van der Waals surface area contributed by atoms with Gasteiger partial charge in [-0.2, -0.15) is 5.26 Å². The van der Waals surface area contributed by atoms with Crippen molar-refractivity contribution < 1.29 is 9.90 Å². The number of nitrogens with zero attached hydrogens (tertiary/aromatic N) is 3. The molecule has 0 radical (unpaired) electrons. The van der Waals surface area contributed by atoms with E-state index in [2.05, 4.69) is 15.2 Å². The molecule has 1 aromatic heterocycles. The quantitative estimate of drug-likeness (QED) is 0.704. The van der Waals surface area contributed by atoms with Crippen LogP contribution in [0.25, 0.3) is 10.9 Å². The van der Waals surface area contributed by atoms with Gasteiger partial charge in [-0.3, -0.25) is 4.79 Å². The molecule has 2 N–H and O–H groups in total. The van der Waals surface area contributed by atoms with Crippen LogP contribution in [0.2, 0.25) is 0 Å². The summed E-state index contributed by atoms with van der Waals surface area (Å²) in [5.41, 5.74) is 1.71. The number of carbonyl (C=O) groups is 1. The summed E-state index contributed by atoms with van der Waals surface area (Å²) in [5.74, 6) is -0.688. The van der Waals surface area contributed by atoms with Crippen molar-refractivity contribution in [3.63, 3.8) is 0 Å². The van der Waals surface area contributed by atoms with E-state index in [1.54, 1.807) is 18.2 Å². The predicted octanol–water partition coefficient (Wildman–Crippen LogP) is 3.67. The van der Waals surface area contributed by atoms with Crippen molar-refractivity contribution in [3.05, 3.63) is 59.7 Å². The predicted molar refractivity (Wildman–Crippen MR) is 80.0 cm³/mol. The fraction of sp³-hybridized carbons (Fsp3) is 0. The second-order valence-electron chi connectivity index (χ2n) is 4.56. The molecule has 0 saturated heterocycles. The van der Waals surface area contributed by atoms with Crippen molar-refractivity contribution in [2.24, 2.45) is 10.2 Å². The van der Waals surface area contributed by atoms with E-state index in [-0.39, 0.29) is 11.6 Å². The summed E-state index contributed by atoms with van der Waals surface area (Å²) in [6.45, 7) is 0. The minimum atomic E-state index is -0.547. The second-order valence-corrected chi connectivity index (χ2v) is 4.56. The van der Waals surface area contributed by atoms with Crippen LogP contribution in [0.1, 0.15) is 15.9 Å². The highest BCUT2D eigenvalue weighted by atomic mass is 16.3. The lowest BCUT2D eigenvalue weighted by Crippen LogP contribution is -1.93. The second kappa shape index (κ2) is 5.50. The Hall–Kier alpha value is -3.46. The van der Waals surface area contributed by atoms with E-state index < -0.39 is 5.91 Å². The van der Waals surface area contributed by atoms with Gasteiger partial charge in [0.15, 0.2) is 5.69 Å². The van der Waals surface area contributed by atoms with Crippen LogP contribution in [0.15, 0.2) is 58.8 Å². The molecule has 106 valence electrons. The number of azo groups is 1. The molecule has 2 aromatic carbocycles. The number of fused-ring (bicyclic) bond motifs is 1. The number of nitrogens with one attached hydrogen (secondary N) is 1. The van der Waals surface area contributed by atoms with Gasteiger partial charge in [0, 0.05) is 10.9 Å². The summed E-state index contributed by atoms with van der Waals surface area (Å²) in [4.78, 5) is 14.7. The van der Waals surface area contributed by atoms with Crippen molar-refractivity contribution in [2.45, 2.75) is 0 Å². The summed E-state index contributed by atoms with van der Waals surface area (Å²) < 4.78 is 0. The monoisotopic (exact) mass is 290 g/mol. The zero-order chi connectivity index (χ0) is 15.5. The Morgan fingerprint density at radius 2 is 1.86 bits per heavy atom. The molecule has 22 heavy (non-hydrogen) atoms. The molecule has 3 aromatic rings. The number of hydrogen-bond acceptors (Lipinski definition) is 4. The zero-order valence-corrected chi connectivity index (χ0v) is 11.3. The summed E-state index contributed by atoms with van der Waals surface area (Å²) in [6, 6.07) is 15.2. The van der Waals surface area contributed by atoms with Crippen LogP contribution in [0, 0.1) is 11.3 Å². The molecule has 1 heterocycles. The van der Waals surface area contributed by atoms with Gasteiger partial charge in [0.05, 0.1) is 17.1 Å². The fourth-order valence-electron chi connectivity index (χ4n) is 2.05. The van der Waals surface area contributed by atoms with Gasteiger partial charge in [-0.1, -0.05) is 18.2 Å². The summed E-state index contributed by atoms with van der Waals surface area (Å²) >= 11 is 0. The molecule has 0 bridgehead atoms. The van der Waals surface area contributed by atoms with Gasteiger partial charge in [-0.15, -0.1) is 10.2 Å². The number of amides is 1. The largest absolute Gasteiger partial charge is 0.493 e. The fourth-order valence-corrected chi connectivity index (χ4v) is 2.05. The third-order valence-corrected chi connectivity index (χ3v) is 3.16. The van der Waals surface area contributed by atoms with Crippen LogP contribution in [-0.2, 0) is 0 Å². The van der Waals surface area contributed by atoms with Crippen LogP contribution >= 0.6 is 0 Å². The van der Waals surface area contributed by atoms with E-state index in [1.165, 1.54) is 24.3 Å². The van der Waals surface area contributed by atoms with E-state index >= 15 is 0 Å². The lowest BCUT2D eigenvalue weighted by atomic mass is 10.1. The van der Waals surface area contributed by atoms with Crippen LogP contribution in [0.4, 0.5) is 5.69 Å². The van der Waals surface area contributed by atoms with Gasteiger partial charge in [0.2, 0.25) is 5.88 Å². The first-order chi connectivity index (χ1) is 10.7. The van der Waals surface area contributed by atoms with Crippen molar-refractivity contribution in [3.8, 4) is 11.9 Å². The average Bonchev–Trinajstić information content (AvgIpc) is 2.88. The molecule has 0 aliphatic rings. The average molecular weight is 290 g/mol. The molecular formula is C16H10N4O2. The first kappa shape index (κ1) is 13.5. The number of hydrogen-bond donors (Lipinski definition) is 2. The standard InChI is InChI=1S/C16H10N4O2/c17-9-10-5-7-11(8-6-10)15(21)20-19-14-12-3-1-2-4-13(12)18-16(14)22/h1-8,18,22H. The molecule has 0 unspecified atom stereocenters. The number of H-pyrrole nitrogens is 1. The van der Waals surface area contributed by atoms with E-state index in [1.807, 2.05) is 12.1 Å². The summed E-state index contributed by atoms with van der Waals surface area (Å²) in [6.07, 6.45) is 0. The summed E-state index contributed by atoms with van der Waals surface area (Å²) in [5, 5.41) is 26.7. The van der Waals surface area contributed by atoms with Crippen LogP contribution in [-0.4, -0.2) is 16.0 Å². The van der Waals surface area contributed by atoms with Gasteiger partial charge >= 0.3 is 0 Å². The summed E-state index contributed by atoms with van der Waals surface area (Å²) in [7, 11) is 0. The third-order valence-electron chi connectivity index (χ3n) is 3.16. The van der Waals surface area contributed by atoms with Gasteiger partial charge in [-0.25, -0.2) is 0 Å². The zero-order valence-electron chi connectivity index (χ0n) is 11.3. The normalized spacial score (nSPS) is 10.9. The molecule has 0 aliphatic carbocycles. The van der Waals surface area contributed by atoms with Gasteiger partial charge in [-0.05, 0) is 30.3 Å². The van der Waals surface area contributed by atoms with Crippen LogP contribution in [0.5, 0.6) is 5.88 Å². The molecular weight excluding hydrogens is 280 g/mol. The van der Waals surface area contributed by atoms with Gasteiger partial charge in [0.25, 0.3) is 5.91 Å². The van der Waals surface area contributed by atoms with E-state index in [0.29, 0.717) is 22.0 Å². The van der Waals surface area contributed by atoms with Gasteiger partial charge in [0.1, 0.15) is 0 Å². The number of aromatic amines is 1. The van der Waals surface area contributed by atoms with Crippen molar-refractivity contribution in [1.82, 2.24) is 4.98 Å². The van der Waals surface area contributed by atoms with E-state index in [0.717, 1.165) is 0 Å². The van der Waals surface area contributed by atoms with Crippen LogP contribution in [0.3, 0.4) is 0 Å². The number of aromatic nitrogens is 1.